The average Bonchev–Trinajstić information content (AvgIpc) is 2.40. The molecule has 7 nitrogen and oxygen atoms in total. The van der Waals surface area contributed by atoms with E-state index in [-0.39, 0.29) is 13.3 Å². The molecule has 1 N–H and O–H groups in total. The smallest absolute Gasteiger partial charge is 0.329 e. The van der Waals surface area contributed by atoms with E-state index in [1.807, 2.05) is 0 Å². The highest BCUT2D eigenvalue weighted by molar-refractivity contribution is 5.67. The third kappa shape index (κ3) is 3.29. The third-order valence-corrected chi connectivity index (χ3v) is 2.04. The van der Waals surface area contributed by atoms with E-state index >= 15 is 0 Å². The van der Waals surface area contributed by atoms with Crippen LogP contribution in [-0.2, 0) is 16.3 Å². The van der Waals surface area contributed by atoms with E-state index in [4.69, 9.17) is 9.84 Å². The highest BCUT2D eigenvalue weighted by atomic mass is 16.5. The molecule has 0 aliphatic heterocycles. The van der Waals surface area contributed by atoms with Gasteiger partial charge in [0.25, 0.3) is 6.73 Å². The second-order valence-corrected chi connectivity index (χ2v) is 3.40. The Balaban J connectivity index is 2.00. The fraction of sp³-hybridized carbons (Fsp3) is 0.182. The Morgan fingerprint density at radius 1 is 1.39 bits per heavy atom. The summed E-state index contributed by atoms with van der Waals surface area (Å²) in [4.78, 5) is 18.4. The molecule has 7 heteroatoms. The van der Waals surface area contributed by atoms with Crippen LogP contribution in [0, 0.1) is 0 Å². The van der Waals surface area contributed by atoms with Crippen molar-refractivity contribution in [1.82, 2.24) is 15.1 Å². The maximum atomic E-state index is 10.3. The first-order chi connectivity index (χ1) is 8.75. The molecule has 0 fully saturated rings. The van der Waals surface area contributed by atoms with Crippen LogP contribution in [-0.4, -0.2) is 32.7 Å². The van der Waals surface area contributed by atoms with E-state index < -0.39 is 5.97 Å². The Morgan fingerprint density at radius 3 is 2.78 bits per heavy atom. The molecular formula is C11H11N4O3+. The minimum atomic E-state index is -1.01. The Kier molecular flexibility index (Phi) is 3.87. The Morgan fingerprint density at radius 2 is 2.17 bits per heavy atom. The fourth-order valence-electron chi connectivity index (χ4n) is 1.27. The van der Waals surface area contributed by atoms with Gasteiger partial charge in [0.05, 0.1) is 0 Å². The van der Waals surface area contributed by atoms with Crippen molar-refractivity contribution in [2.75, 3.05) is 6.61 Å². The van der Waals surface area contributed by atoms with Crippen LogP contribution in [0.1, 0.15) is 0 Å². The summed E-state index contributed by atoms with van der Waals surface area (Å²) in [7, 11) is 0. The first-order valence-electron chi connectivity index (χ1n) is 5.18. The number of ether oxygens (including phenoxy) is 1. The van der Waals surface area contributed by atoms with E-state index in [1.54, 1.807) is 36.9 Å². The Labute approximate surface area is 103 Å². The highest BCUT2D eigenvalue weighted by Gasteiger charge is 2.07. The van der Waals surface area contributed by atoms with Gasteiger partial charge in [-0.2, -0.15) is 0 Å². The van der Waals surface area contributed by atoms with E-state index in [1.165, 1.54) is 4.68 Å². The molecule has 0 saturated heterocycles. The molecule has 0 aliphatic rings. The molecule has 0 bridgehead atoms. The Hall–Kier alpha value is -2.41. The van der Waals surface area contributed by atoms with Crippen LogP contribution in [0.5, 0.6) is 0 Å². The third-order valence-electron chi connectivity index (χ3n) is 2.04. The van der Waals surface area contributed by atoms with Gasteiger partial charge in [0.2, 0.25) is 0 Å². The molecule has 0 radical (unpaired) electrons. The average molecular weight is 247 g/mol. The van der Waals surface area contributed by atoms with Crippen LogP contribution >= 0.6 is 0 Å². The summed E-state index contributed by atoms with van der Waals surface area (Å²) in [5.74, 6) is -0.423. The van der Waals surface area contributed by atoms with Gasteiger partial charge in [0.1, 0.15) is 6.20 Å². The van der Waals surface area contributed by atoms with Crippen LogP contribution in [0.3, 0.4) is 0 Å². The largest absolute Gasteiger partial charge is 0.480 e. The normalized spacial score (nSPS) is 10.2. The minimum absolute atomic E-state index is 0.0855. The van der Waals surface area contributed by atoms with E-state index in [0.29, 0.717) is 5.82 Å². The number of carboxylic acids is 1. The first kappa shape index (κ1) is 12.1. The number of carboxylic acid groups (broad SMARTS) is 1. The number of aliphatic carboxylic acids is 1. The van der Waals surface area contributed by atoms with E-state index in [2.05, 4.69) is 15.1 Å². The van der Waals surface area contributed by atoms with Gasteiger partial charge in [0.15, 0.2) is 18.6 Å². The van der Waals surface area contributed by atoms with Gasteiger partial charge in [-0.25, -0.2) is 14.8 Å². The van der Waals surface area contributed by atoms with Gasteiger partial charge in [-0.1, -0.05) is 4.68 Å². The van der Waals surface area contributed by atoms with Gasteiger partial charge < -0.3 is 9.84 Å². The molecule has 18 heavy (non-hydrogen) atoms. The molecular weight excluding hydrogens is 236 g/mol. The van der Waals surface area contributed by atoms with Crippen molar-refractivity contribution in [3.8, 4) is 11.4 Å². The molecule has 0 saturated carbocycles. The SMILES string of the molecule is O=C(O)COC[n+]1ccc(-c2ncccn2)cn1. The van der Waals surface area contributed by atoms with Gasteiger partial charge >= 0.3 is 5.97 Å². The minimum Gasteiger partial charge on any atom is -0.480 e. The lowest BCUT2D eigenvalue weighted by Crippen LogP contribution is -2.39. The number of carbonyl (C=O) groups is 1. The zero-order valence-electron chi connectivity index (χ0n) is 9.43. The van der Waals surface area contributed by atoms with Crippen molar-refractivity contribution in [3.63, 3.8) is 0 Å². The van der Waals surface area contributed by atoms with Gasteiger partial charge in [-0.15, -0.1) is 0 Å². The van der Waals surface area contributed by atoms with Crippen molar-refractivity contribution in [1.29, 1.82) is 0 Å². The molecule has 0 spiro atoms. The predicted octanol–water partition coefficient (Wildman–Crippen LogP) is -0.115. The lowest BCUT2D eigenvalue weighted by atomic mass is 10.3. The molecule has 92 valence electrons. The molecule has 0 aromatic carbocycles. The van der Waals surface area contributed by atoms with Crippen molar-refractivity contribution in [3.05, 3.63) is 36.9 Å². The molecule has 2 aromatic heterocycles. The topological polar surface area (TPSA) is 89.1 Å². The molecule has 2 rings (SSSR count). The van der Waals surface area contributed by atoms with Crippen molar-refractivity contribution < 1.29 is 19.3 Å². The summed E-state index contributed by atoms with van der Waals surface area (Å²) in [6.45, 7) is -0.263. The maximum absolute atomic E-state index is 10.3. The van der Waals surface area contributed by atoms with E-state index in [0.717, 1.165) is 5.56 Å². The summed E-state index contributed by atoms with van der Waals surface area (Å²) in [6, 6.07) is 3.52. The monoisotopic (exact) mass is 247 g/mol. The van der Waals surface area contributed by atoms with Crippen LogP contribution in [0.25, 0.3) is 11.4 Å². The second-order valence-electron chi connectivity index (χ2n) is 3.40. The van der Waals surface area contributed by atoms with Crippen LogP contribution in [0.2, 0.25) is 0 Å². The zero-order valence-corrected chi connectivity index (χ0v) is 9.43. The number of nitrogens with zero attached hydrogens (tertiary/aromatic N) is 4. The number of hydrogen-bond donors (Lipinski definition) is 1. The van der Waals surface area contributed by atoms with Crippen LogP contribution in [0.4, 0.5) is 0 Å². The second kappa shape index (κ2) is 5.78. The summed E-state index contributed by atoms with van der Waals surface area (Å²) in [5.41, 5.74) is 0.782. The quantitative estimate of drug-likeness (QED) is 0.741. The van der Waals surface area contributed by atoms with Gasteiger partial charge in [0, 0.05) is 24.0 Å². The molecule has 2 aromatic rings. The number of rotatable bonds is 5. The summed E-state index contributed by atoms with van der Waals surface area (Å²) >= 11 is 0. The summed E-state index contributed by atoms with van der Waals surface area (Å²) in [6.07, 6.45) is 6.58. The summed E-state index contributed by atoms with van der Waals surface area (Å²) < 4.78 is 6.38. The standard InChI is InChI=1S/C11H10N4O3/c16-10(17)7-18-8-15-5-2-9(6-14-15)11-12-3-1-4-13-11/h1-6H,7-8H2/p+1. The van der Waals surface area contributed by atoms with Crippen molar-refractivity contribution in [2.24, 2.45) is 0 Å². The van der Waals surface area contributed by atoms with Crippen molar-refractivity contribution >= 4 is 5.97 Å². The van der Waals surface area contributed by atoms with Crippen LogP contribution < -0.4 is 4.68 Å². The Bertz CT molecular complexity index is 516. The number of hydrogen-bond acceptors (Lipinski definition) is 5. The van der Waals surface area contributed by atoms with Crippen LogP contribution in [0.15, 0.2) is 36.9 Å². The van der Waals surface area contributed by atoms with Gasteiger partial charge in [-0.05, 0) is 11.2 Å². The molecule has 0 aliphatic carbocycles. The van der Waals surface area contributed by atoms with Crippen molar-refractivity contribution in [2.45, 2.75) is 6.73 Å². The predicted molar refractivity (Wildman–Crippen MR) is 59.0 cm³/mol. The lowest BCUT2D eigenvalue weighted by molar-refractivity contribution is -0.784. The molecule has 0 atom stereocenters. The highest BCUT2D eigenvalue weighted by Crippen LogP contribution is 2.08. The maximum Gasteiger partial charge on any atom is 0.329 e. The zero-order chi connectivity index (χ0) is 12.8. The first-order valence-corrected chi connectivity index (χ1v) is 5.18. The van der Waals surface area contributed by atoms with E-state index in [9.17, 15) is 4.79 Å². The lowest BCUT2D eigenvalue weighted by Gasteiger charge is -1.98. The number of aromatic nitrogens is 4. The van der Waals surface area contributed by atoms with Gasteiger partial charge in [-0.3, -0.25) is 0 Å². The molecule has 0 unspecified atom stereocenters. The fourth-order valence-corrected chi connectivity index (χ4v) is 1.27. The molecule has 2 heterocycles. The summed E-state index contributed by atoms with van der Waals surface area (Å²) in [5, 5.41) is 12.5. The molecule has 0 amide bonds.